The van der Waals surface area contributed by atoms with E-state index >= 15 is 0 Å². The van der Waals surface area contributed by atoms with Crippen molar-refractivity contribution in [3.63, 3.8) is 0 Å². The maximum atomic E-state index is 9.33. The van der Waals surface area contributed by atoms with E-state index in [-0.39, 0.29) is 12.6 Å². The molecule has 0 radical (unpaired) electrons. The van der Waals surface area contributed by atoms with Crippen molar-refractivity contribution in [3.8, 4) is 22.8 Å². The Morgan fingerprint density at radius 1 is 1.11 bits per heavy atom. The van der Waals surface area contributed by atoms with Gasteiger partial charge in [0.05, 0.1) is 32.2 Å². The number of methoxy groups -OCH3 is 2. The van der Waals surface area contributed by atoms with Gasteiger partial charge in [0.25, 0.3) is 0 Å². The quantitative estimate of drug-likeness (QED) is 0.547. The molecule has 0 aliphatic rings. The second kappa shape index (κ2) is 9.01. The molecule has 0 saturated carbocycles. The van der Waals surface area contributed by atoms with Crippen LogP contribution in [0.25, 0.3) is 11.3 Å². The molecule has 1 atom stereocenters. The smallest absolute Gasteiger partial charge is 0.225 e. The summed E-state index contributed by atoms with van der Waals surface area (Å²) in [6.45, 7) is 1.81. The summed E-state index contributed by atoms with van der Waals surface area (Å²) in [5, 5.41) is 15.7. The molecular weight excluding hydrogens is 358 g/mol. The highest BCUT2D eigenvalue weighted by Crippen LogP contribution is 2.32. The van der Waals surface area contributed by atoms with Crippen molar-refractivity contribution < 1.29 is 14.6 Å². The number of benzene rings is 1. The van der Waals surface area contributed by atoms with Crippen molar-refractivity contribution >= 4 is 17.5 Å². The van der Waals surface area contributed by atoms with Crippen molar-refractivity contribution in [2.45, 2.75) is 13.0 Å². The Kier molecular flexibility index (Phi) is 6.23. The molecule has 0 aliphatic carbocycles. The summed E-state index contributed by atoms with van der Waals surface area (Å²) in [6, 6.07) is 10.9. The number of nitrogens with zero attached hydrogens (tertiary/aromatic N) is 3. The van der Waals surface area contributed by atoms with Gasteiger partial charge in [0, 0.05) is 36.1 Å². The summed E-state index contributed by atoms with van der Waals surface area (Å²) in [4.78, 5) is 13.2. The van der Waals surface area contributed by atoms with Gasteiger partial charge in [-0.25, -0.2) is 4.98 Å². The third-order valence-corrected chi connectivity index (χ3v) is 4.00. The highest BCUT2D eigenvalue weighted by Gasteiger charge is 2.12. The van der Waals surface area contributed by atoms with Crippen LogP contribution < -0.4 is 20.1 Å². The second-order valence-electron chi connectivity index (χ2n) is 6.12. The molecule has 146 valence electrons. The molecule has 8 nitrogen and oxygen atoms in total. The molecule has 0 fully saturated rings. The van der Waals surface area contributed by atoms with Gasteiger partial charge in [-0.2, -0.15) is 4.98 Å². The van der Waals surface area contributed by atoms with E-state index in [4.69, 9.17) is 9.47 Å². The number of hydrogen-bond acceptors (Lipinski definition) is 8. The first-order chi connectivity index (χ1) is 13.6. The predicted molar refractivity (Wildman–Crippen MR) is 108 cm³/mol. The molecule has 3 aromatic rings. The van der Waals surface area contributed by atoms with Gasteiger partial charge in [-0.05, 0) is 31.2 Å². The van der Waals surface area contributed by atoms with Gasteiger partial charge in [-0.3, -0.25) is 4.98 Å². The number of pyridine rings is 1. The number of rotatable bonds is 8. The van der Waals surface area contributed by atoms with Crippen molar-refractivity contribution in [1.82, 2.24) is 15.0 Å². The van der Waals surface area contributed by atoms with Crippen LogP contribution in [0.2, 0.25) is 0 Å². The Bertz CT molecular complexity index is 921. The molecule has 8 heteroatoms. The zero-order valence-corrected chi connectivity index (χ0v) is 16.0. The van der Waals surface area contributed by atoms with Crippen LogP contribution in [0.3, 0.4) is 0 Å². The SMILES string of the molecule is COc1ccc(Nc2cc(-c3cccnc3)nc(N[C@@H](C)CO)n2)c(OC)c1. The highest BCUT2D eigenvalue weighted by molar-refractivity contribution is 5.70. The van der Waals surface area contributed by atoms with Crippen molar-refractivity contribution in [1.29, 1.82) is 0 Å². The lowest BCUT2D eigenvalue weighted by Crippen LogP contribution is -2.21. The minimum Gasteiger partial charge on any atom is -0.497 e. The normalized spacial score (nSPS) is 11.6. The molecule has 28 heavy (non-hydrogen) atoms. The first kappa shape index (κ1) is 19.4. The maximum absolute atomic E-state index is 9.33. The summed E-state index contributed by atoms with van der Waals surface area (Å²) in [5.74, 6) is 2.29. The molecule has 3 N–H and O–H groups in total. The van der Waals surface area contributed by atoms with E-state index in [0.717, 1.165) is 11.3 Å². The Morgan fingerprint density at radius 3 is 2.64 bits per heavy atom. The molecule has 0 bridgehead atoms. The first-order valence-corrected chi connectivity index (χ1v) is 8.79. The number of ether oxygens (including phenoxy) is 2. The van der Waals surface area contributed by atoms with Crippen LogP contribution in [-0.4, -0.2) is 46.9 Å². The summed E-state index contributed by atoms with van der Waals surface area (Å²) in [5.41, 5.74) is 2.29. The third kappa shape index (κ3) is 4.66. The monoisotopic (exact) mass is 381 g/mol. The van der Waals surface area contributed by atoms with Crippen molar-refractivity contribution in [3.05, 3.63) is 48.8 Å². The van der Waals surface area contributed by atoms with E-state index in [0.29, 0.717) is 29.0 Å². The van der Waals surface area contributed by atoms with E-state index in [1.807, 2.05) is 37.3 Å². The molecule has 2 aromatic heterocycles. The summed E-state index contributed by atoms with van der Waals surface area (Å²) < 4.78 is 10.7. The lowest BCUT2D eigenvalue weighted by molar-refractivity contribution is 0.281. The Hall–Kier alpha value is -3.39. The van der Waals surface area contributed by atoms with E-state index in [1.165, 1.54) is 0 Å². The second-order valence-corrected chi connectivity index (χ2v) is 6.12. The van der Waals surface area contributed by atoms with Gasteiger partial charge in [0.1, 0.15) is 17.3 Å². The average molecular weight is 381 g/mol. The number of aliphatic hydroxyl groups excluding tert-OH is 1. The van der Waals surface area contributed by atoms with Crippen LogP contribution >= 0.6 is 0 Å². The molecule has 0 unspecified atom stereocenters. The molecule has 1 aromatic carbocycles. The number of nitrogens with one attached hydrogen (secondary N) is 2. The fourth-order valence-corrected chi connectivity index (χ4v) is 2.54. The molecule has 0 amide bonds. The van der Waals surface area contributed by atoms with Crippen LogP contribution in [-0.2, 0) is 0 Å². The van der Waals surface area contributed by atoms with E-state index in [9.17, 15) is 5.11 Å². The van der Waals surface area contributed by atoms with Gasteiger partial charge in [-0.1, -0.05) is 0 Å². The third-order valence-electron chi connectivity index (χ3n) is 4.00. The van der Waals surface area contributed by atoms with Gasteiger partial charge < -0.3 is 25.2 Å². The van der Waals surface area contributed by atoms with Crippen molar-refractivity contribution in [2.24, 2.45) is 0 Å². The fourth-order valence-electron chi connectivity index (χ4n) is 2.54. The van der Waals surface area contributed by atoms with E-state index in [1.54, 1.807) is 32.7 Å². The standard InChI is InChI=1S/C20H23N5O3/c1-13(12-26)22-20-24-17(14-5-4-8-21-11-14)10-19(25-20)23-16-7-6-15(27-2)9-18(16)28-3/h4-11,13,26H,12H2,1-3H3,(H2,22,23,24,25)/t13-/m0/s1. The van der Waals surface area contributed by atoms with Crippen LogP contribution in [0, 0.1) is 0 Å². The number of hydrogen-bond donors (Lipinski definition) is 3. The highest BCUT2D eigenvalue weighted by atomic mass is 16.5. The molecule has 0 aliphatic heterocycles. The van der Waals surface area contributed by atoms with Gasteiger partial charge >= 0.3 is 0 Å². The Morgan fingerprint density at radius 2 is 1.96 bits per heavy atom. The lowest BCUT2D eigenvalue weighted by atomic mass is 10.2. The number of aliphatic hydroxyl groups is 1. The van der Waals surface area contributed by atoms with E-state index < -0.39 is 0 Å². The van der Waals surface area contributed by atoms with Gasteiger partial charge in [-0.15, -0.1) is 0 Å². The van der Waals surface area contributed by atoms with Gasteiger partial charge in [0.2, 0.25) is 5.95 Å². The lowest BCUT2D eigenvalue weighted by Gasteiger charge is -2.15. The van der Waals surface area contributed by atoms with Crippen LogP contribution in [0.15, 0.2) is 48.8 Å². The Balaban J connectivity index is 1.99. The maximum Gasteiger partial charge on any atom is 0.225 e. The number of aromatic nitrogens is 3. The summed E-state index contributed by atoms with van der Waals surface area (Å²) >= 11 is 0. The van der Waals surface area contributed by atoms with Crippen LogP contribution in [0.4, 0.5) is 17.5 Å². The predicted octanol–water partition coefficient (Wildman–Crippen LogP) is 3.09. The molecule has 0 spiro atoms. The zero-order chi connectivity index (χ0) is 19.9. The molecule has 3 rings (SSSR count). The topological polar surface area (TPSA) is 101 Å². The molecular formula is C20H23N5O3. The minimum atomic E-state index is -0.187. The fraction of sp³-hybridized carbons (Fsp3) is 0.250. The van der Waals surface area contributed by atoms with Crippen LogP contribution in [0.1, 0.15) is 6.92 Å². The van der Waals surface area contributed by atoms with Crippen molar-refractivity contribution in [2.75, 3.05) is 31.5 Å². The van der Waals surface area contributed by atoms with Gasteiger partial charge in [0.15, 0.2) is 0 Å². The Labute approximate surface area is 163 Å². The summed E-state index contributed by atoms with van der Waals surface area (Å²) in [7, 11) is 3.20. The first-order valence-electron chi connectivity index (χ1n) is 8.79. The average Bonchev–Trinajstić information content (AvgIpc) is 2.74. The zero-order valence-electron chi connectivity index (χ0n) is 16.0. The summed E-state index contributed by atoms with van der Waals surface area (Å²) in [6.07, 6.45) is 3.44. The number of anilines is 3. The molecule has 0 saturated heterocycles. The van der Waals surface area contributed by atoms with E-state index in [2.05, 4.69) is 25.6 Å². The molecule has 2 heterocycles. The largest absolute Gasteiger partial charge is 0.497 e. The van der Waals surface area contributed by atoms with Crippen LogP contribution in [0.5, 0.6) is 11.5 Å². The minimum absolute atomic E-state index is 0.0322.